The molecule has 1 aliphatic heterocycles. The molecule has 0 saturated heterocycles. The average molecular weight is 302 g/mol. The predicted octanol–water partition coefficient (Wildman–Crippen LogP) is 3.58. The SMILES string of the molecule is O=c1[nH]c2ccc(C(Cl)C3COc4ccccc43)cc2o1. The Morgan fingerprint density at radius 1 is 1.24 bits per heavy atom. The van der Waals surface area contributed by atoms with Crippen LogP contribution in [0.4, 0.5) is 0 Å². The van der Waals surface area contributed by atoms with Gasteiger partial charge in [0.05, 0.1) is 17.5 Å². The highest BCUT2D eigenvalue weighted by molar-refractivity contribution is 6.21. The van der Waals surface area contributed by atoms with Crippen molar-refractivity contribution in [2.24, 2.45) is 0 Å². The van der Waals surface area contributed by atoms with Crippen LogP contribution in [0, 0.1) is 0 Å². The van der Waals surface area contributed by atoms with E-state index in [4.69, 9.17) is 20.8 Å². The Morgan fingerprint density at radius 2 is 2.10 bits per heavy atom. The van der Waals surface area contributed by atoms with Crippen LogP contribution < -0.4 is 10.5 Å². The fourth-order valence-corrected chi connectivity index (χ4v) is 3.14. The van der Waals surface area contributed by atoms with Crippen molar-refractivity contribution in [3.05, 3.63) is 64.1 Å². The molecule has 1 N–H and O–H groups in total. The molecule has 4 nitrogen and oxygen atoms in total. The number of H-pyrrole nitrogens is 1. The number of ether oxygens (including phenoxy) is 1. The van der Waals surface area contributed by atoms with Crippen LogP contribution in [0.1, 0.15) is 22.4 Å². The minimum Gasteiger partial charge on any atom is -0.493 e. The number of fused-ring (bicyclic) bond motifs is 2. The Hall–Kier alpha value is -2.20. The van der Waals surface area contributed by atoms with E-state index in [1.54, 1.807) is 0 Å². The molecule has 0 aliphatic carbocycles. The number of benzene rings is 2. The molecule has 4 rings (SSSR count). The lowest BCUT2D eigenvalue weighted by Gasteiger charge is -2.16. The highest BCUT2D eigenvalue weighted by Crippen LogP contribution is 2.44. The number of hydrogen-bond acceptors (Lipinski definition) is 3. The molecule has 2 aromatic carbocycles. The third-order valence-electron chi connectivity index (χ3n) is 3.85. The first-order valence-corrected chi connectivity index (χ1v) is 7.14. The Kier molecular flexibility index (Phi) is 2.79. The number of hydrogen-bond donors (Lipinski definition) is 1. The van der Waals surface area contributed by atoms with Crippen LogP contribution in [0.5, 0.6) is 5.75 Å². The van der Waals surface area contributed by atoms with Crippen molar-refractivity contribution in [2.75, 3.05) is 6.61 Å². The Bertz CT molecular complexity index is 867. The maximum absolute atomic E-state index is 11.2. The summed E-state index contributed by atoms with van der Waals surface area (Å²) in [6.07, 6.45) is 0. The maximum Gasteiger partial charge on any atom is 0.417 e. The smallest absolute Gasteiger partial charge is 0.417 e. The molecule has 3 aromatic rings. The standard InChI is InChI=1S/C16H12ClNO3/c17-15(11-8-20-13-4-2-1-3-10(11)13)9-5-6-12-14(7-9)21-16(19)18-12/h1-7,11,15H,8H2,(H,18,19). The van der Waals surface area contributed by atoms with Crippen LogP contribution in [0.2, 0.25) is 0 Å². The molecule has 0 radical (unpaired) electrons. The normalized spacial score (nSPS) is 18.4. The Morgan fingerprint density at radius 3 is 3.00 bits per heavy atom. The second-order valence-electron chi connectivity index (χ2n) is 5.13. The lowest BCUT2D eigenvalue weighted by atomic mass is 9.93. The van der Waals surface area contributed by atoms with Gasteiger partial charge in [-0.05, 0) is 23.8 Å². The predicted molar refractivity (Wildman–Crippen MR) is 80.1 cm³/mol. The summed E-state index contributed by atoms with van der Waals surface area (Å²) in [5.74, 6) is 0.524. The van der Waals surface area contributed by atoms with Gasteiger partial charge in [-0.15, -0.1) is 11.6 Å². The van der Waals surface area contributed by atoms with Gasteiger partial charge in [-0.2, -0.15) is 0 Å². The molecule has 0 bridgehead atoms. The van der Waals surface area contributed by atoms with Gasteiger partial charge in [0.2, 0.25) is 0 Å². The first-order valence-electron chi connectivity index (χ1n) is 6.71. The maximum atomic E-state index is 11.2. The summed E-state index contributed by atoms with van der Waals surface area (Å²) in [6.45, 7) is 0.558. The minimum absolute atomic E-state index is 0.0889. The van der Waals surface area contributed by atoms with Crippen LogP contribution in [0.25, 0.3) is 11.1 Å². The molecule has 2 atom stereocenters. The molecule has 106 valence electrons. The summed E-state index contributed by atoms with van der Waals surface area (Å²) in [5.41, 5.74) is 3.23. The summed E-state index contributed by atoms with van der Waals surface area (Å²) in [4.78, 5) is 13.8. The number of aromatic amines is 1. The van der Waals surface area contributed by atoms with Crippen molar-refractivity contribution < 1.29 is 9.15 Å². The number of alkyl halides is 1. The number of para-hydroxylation sites is 1. The van der Waals surface area contributed by atoms with E-state index in [-0.39, 0.29) is 11.3 Å². The van der Waals surface area contributed by atoms with Crippen LogP contribution in [-0.4, -0.2) is 11.6 Å². The van der Waals surface area contributed by atoms with Crippen molar-refractivity contribution in [1.29, 1.82) is 0 Å². The molecule has 2 heterocycles. The zero-order valence-electron chi connectivity index (χ0n) is 11.0. The van der Waals surface area contributed by atoms with Gasteiger partial charge in [-0.1, -0.05) is 24.3 Å². The molecule has 0 saturated carbocycles. The van der Waals surface area contributed by atoms with Gasteiger partial charge in [0, 0.05) is 11.5 Å². The highest BCUT2D eigenvalue weighted by atomic mass is 35.5. The summed E-state index contributed by atoms with van der Waals surface area (Å²) in [5, 5.41) is -0.238. The Labute approximate surface area is 125 Å². The van der Waals surface area contributed by atoms with Crippen molar-refractivity contribution in [3.63, 3.8) is 0 Å². The fourth-order valence-electron chi connectivity index (χ4n) is 2.80. The van der Waals surface area contributed by atoms with E-state index in [1.807, 2.05) is 42.5 Å². The van der Waals surface area contributed by atoms with E-state index in [2.05, 4.69) is 4.98 Å². The summed E-state index contributed by atoms with van der Waals surface area (Å²) in [6, 6.07) is 13.5. The van der Waals surface area contributed by atoms with Gasteiger partial charge in [0.25, 0.3) is 0 Å². The molecule has 21 heavy (non-hydrogen) atoms. The molecule has 0 fully saturated rings. The van der Waals surface area contributed by atoms with Crippen LogP contribution in [-0.2, 0) is 0 Å². The van der Waals surface area contributed by atoms with Crippen LogP contribution in [0.3, 0.4) is 0 Å². The third kappa shape index (κ3) is 2.03. The quantitative estimate of drug-likeness (QED) is 0.736. The number of halogens is 1. The largest absolute Gasteiger partial charge is 0.493 e. The number of nitrogens with one attached hydrogen (secondary N) is 1. The molecule has 0 amide bonds. The zero-order valence-corrected chi connectivity index (χ0v) is 11.8. The van der Waals surface area contributed by atoms with E-state index < -0.39 is 5.76 Å². The fraction of sp³-hybridized carbons (Fsp3) is 0.188. The third-order valence-corrected chi connectivity index (χ3v) is 4.41. The highest BCUT2D eigenvalue weighted by Gasteiger charge is 2.31. The number of oxazole rings is 1. The summed E-state index contributed by atoms with van der Waals surface area (Å²) in [7, 11) is 0. The van der Waals surface area contributed by atoms with Crippen molar-refractivity contribution in [3.8, 4) is 5.75 Å². The molecule has 1 aromatic heterocycles. The zero-order chi connectivity index (χ0) is 14.4. The first kappa shape index (κ1) is 12.5. The number of rotatable bonds is 2. The monoisotopic (exact) mass is 301 g/mol. The minimum atomic E-state index is -0.456. The lowest BCUT2D eigenvalue weighted by Crippen LogP contribution is -2.07. The van der Waals surface area contributed by atoms with Gasteiger partial charge >= 0.3 is 5.76 Å². The van der Waals surface area contributed by atoms with E-state index in [1.165, 1.54) is 0 Å². The molecule has 1 aliphatic rings. The van der Waals surface area contributed by atoms with Crippen molar-refractivity contribution in [1.82, 2.24) is 4.98 Å². The topological polar surface area (TPSA) is 55.2 Å². The summed E-state index contributed by atoms with van der Waals surface area (Å²) >= 11 is 6.64. The Balaban J connectivity index is 1.73. The van der Waals surface area contributed by atoms with Gasteiger partial charge in [-0.25, -0.2) is 4.79 Å². The second kappa shape index (κ2) is 4.67. The number of aromatic nitrogens is 1. The van der Waals surface area contributed by atoms with E-state index in [0.717, 1.165) is 16.9 Å². The molecule has 2 unspecified atom stereocenters. The molecular formula is C16H12ClNO3. The van der Waals surface area contributed by atoms with Crippen molar-refractivity contribution in [2.45, 2.75) is 11.3 Å². The van der Waals surface area contributed by atoms with E-state index >= 15 is 0 Å². The van der Waals surface area contributed by atoms with Gasteiger partial charge in [0.1, 0.15) is 5.75 Å². The lowest BCUT2D eigenvalue weighted by molar-refractivity contribution is 0.328. The average Bonchev–Trinajstić information content (AvgIpc) is 3.07. The summed E-state index contributed by atoms with van der Waals surface area (Å²) < 4.78 is 10.8. The second-order valence-corrected chi connectivity index (χ2v) is 5.60. The molecular weight excluding hydrogens is 290 g/mol. The van der Waals surface area contributed by atoms with Gasteiger partial charge in [0.15, 0.2) is 5.58 Å². The van der Waals surface area contributed by atoms with Gasteiger partial charge in [-0.3, -0.25) is 4.98 Å². The first-order chi connectivity index (χ1) is 10.2. The van der Waals surface area contributed by atoms with Crippen molar-refractivity contribution >= 4 is 22.7 Å². The van der Waals surface area contributed by atoms with E-state index in [9.17, 15) is 4.79 Å². The van der Waals surface area contributed by atoms with Crippen LogP contribution in [0.15, 0.2) is 51.7 Å². The van der Waals surface area contributed by atoms with E-state index in [0.29, 0.717) is 17.7 Å². The van der Waals surface area contributed by atoms with Gasteiger partial charge < -0.3 is 9.15 Å². The molecule has 5 heteroatoms. The molecule has 0 spiro atoms. The van der Waals surface area contributed by atoms with Crippen LogP contribution >= 0.6 is 11.6 Å².